The lowest BCUT2D eigenvalue weighted by molar-refractivity contribution is -0.384. The fourth-order valence-electron chi connectivity index (χ4n) is 3.80. The van der Waals surface area contributed by atoms with Gasteiger partial charge < -0.3 is 5.32 Å². The van der Waals surface area contributed by atoms with Crippen molar-refractivity contribution < 1.29 is 9.72 Å². The Bertz CT molecular complexity index is 1490. The average molecular weight is 460 g/mol. The van der Waals surface area contributed by atoms with Crippen molar-refractivity contribution >= 4 is 17.3 Å². The molecule has 1 amide bonds. The van der Waals surface area contributed by atoms with Crippen LogP contribution in [0, 0.1) is 10.1 Å². The van der Waals surface area contributed by atoms with E-state index in [1.54, 1.807) is 18.2 Å². The fraction of sp³-hybridized carbons (Fsp3) is 0. The van der Waals surface area contributed by atoms with E-state index < -0.39 is 4.92 Å². The molecule has 7 heteroatoms. The number of non-ortho nitro benzene ring substituents is 1. The maximum atomic E-state index is 12.7. The summed E-state index contributed by atoms with van der Waals surface area (Å²) in [4.78, 5) is 23.2. The van der Waals surface area contributed by atoms with Crippen LogP contribution in [0.4, 0.5) is 11.4 Å². The van der Waals surface area contributed by atoms with Gasteiger partial charge >= 0.3 is 0 Å². The highest BCUT2D eigenvalue weighted by Gasteiger charge is 2.14. The summed E-state index contributed by atoms with van der Waals surface area (Å²) in [7, 11) is 0. The molecule has 0 saturated carbocycles. The van der Waals surface area contributed by atoms with Crippen molar-refractivity contribution in [3.05, 3.63) is 131 Å². The van der Waals surface area contributed by atoms with Crippen LogP contribution in [0.15, 0.2) is 115 Å². The molecule has 0 unspecified atom stereocenters. The van der Waals surface area contributed by atoms with Gasteiger partial charge in [-0.15, -0.1) is 0 Å². The first kappa shape index (κ1) is 21.8. The number of amides is 1. The van der Waals surface area contributed by atoms with Crippen LogP contribution in [-0.2, 0) is 0 Å². The number of anilines is 1. The zero-order chi connectivity index (χ0) is 24.2. The van der Waals surface area contributed by atoms with Crippen molar-refractivity contribution in [1.29, 1.82) is 0 Å². The topological polar surface area (TPSA) is 90.1 Å². The van der Waals surface area contributed by atoms with E-state index >= 15 is 0 Å². The summed E-state index contributed by atoms with van der Waals surface area (Å²) in [6.07, 6.45) is 0. The Morgan fingerprint density at radius 1 is 0.771 bits per heavy atom. The third-order valence-corrected chi connectivity index (χ3v) is 5.54. The maximum Gasteiger partial charge on any atom is 0.271 e. The van der Waals surface area contributed by atoms with Gasteiger partial charge in [-0.2, -0.15) is 5.10 Å². The highest BCUT2D eigenvalue weighted by molar-refractivity contribution is 6.04. The van der Waals surface area contributed by atoms with Gasteiger partial charge in [0.25, 0.3) is 11.6 Å². The van der Waals surface area contributed by atoms with Gasteiger partial charge in [-0.3, -0.25) is 14.9 Å². The number of rotatable bonds is 6. The molecule has 0 bridgehead atoms. The molecule has 0 aliphatic carbocycles. The summed E-state index contributed by atoms with van der Waals surface area (Å²) >= 11 is 0. The molecule has 0 aliphatic rings. The second-order valence-corrected chi connectivity index (χ2v) is 7.87. The summed E-state index contributed by atoms with van der Waals surface area (Å²) in [6.45, 7) is 0. The molecule has 1 aromatic heterocycles. The number of nitro groups is 1. The predicted octanol–water partition coefficient (Wildman–Crippen LogP) is 6.37. The maximum absolute atomic E-state index is 12.7. The lowest BCUT2D eigenvalue weighted by atomic mass is 10.1. The molecule has 4 aromatic carbocycles. The number of hydrogen-bond acceptors (Lipinski definition) is 4. The lowest BCUT2D eigenvalue weighted by Gasteiger charge is -2.09. The zero-order valence-corrected chi connectivity index (χ0v) is 18.5. The van der Waals surface area contributed by atoms with E-state index in [0.29, 0.717) is 11.3 Å². The minimum atomic E-state index is -0.497. The van der Waals surface area contributed by atoms with Crippen LogP contribution in [0.5, 0.6) is 0 Å². The van der Waals surface area contributed by atoms with Crippen LogP contribution >= 0.6 is 0 Å². The van der Waals surface area contributed by atoms with E-state index in [-0.39, 0.29) is 11.6 Å². The lowest BCUT2D eigenvalue weighted by Crippen LogP contribution is -2.12. The predicted molar refractivity (Wildman–Crippen MR) is 135 cm³/mol. The standard InChI is InChI=1S/C28H20N4O3/c33-28(29-23-12-7-13-25(18-23)32(34)35)22-14-16-24(17-15-22)31-27(21-10-5-2-6-11-21)19-26(30-31)20-8-3-1-4-9-20/h1-19H,(H,29,33). The molecule has 0 atom stereocenters. The highest BCUT2D eigenvalue weighted by Crippen LogP contribution is 2.29. The SMILES string of the molecule is O=C(Nc1cccc([N+](=O)[O-])c1)c1ccc(-n2nc(-c3ccccc3)cc2-c2ccccc2)cc1. The molecule has 170 valence electrons. The molecule has 35 heavy (non-hydrogen) atoms. The minimum Gasteiger partial charge on any atom is -0.322 e. The molecule has 5 rings (SSSR count). The normalized spacial score (nSPS) is 10.6. The van der Waals surface area contributed by atoms with E-state index in [9.17, 15) is 14.9 Å². The van der Waals surface area contributed by atoms with Crippen LogP contribution in [-0.4, -0.2) is 20.6 Å². The Morgan fingerprint density at radius 2 is 1.43 bits per heavy atom. The molecule has 1 N–H and O–H groups in total. The first-order valence-electron chi connectivity index (χ1n) is 11.0. The summed E-state index contributed by atoms with van der Waals surface area (Å²) in [6, 6.07) is 34.9. The second-order valence-electron chi connectivity index (χ2n) is 7.87. The minimum absolute atomic E-state index is 0.0838. The van der Waals surface area contributed by atoms with Gasteiger partial charge in [-0.1, -0.05) is 66.7 Å². The molecule has 0 aliphatic heterocycles. The molecule has 0 fully saturated rings. The van der Waals surface area contributed by atoms with Crippen molar-refractivity contribution in [2.75, 3.05) is 5.32 Å². The number of benzene rings is 4. The Hall–Kier alpha value is -5.04. The number of hydrogen-bond donors (Lipinski definition) is 1. The third kappa shape index (κ3) is 4.69. The smallest absolute Gasteiger partial charge is 0.271 e. The molecule has 1 heterocycles. The Balaban J connectivity index is 1.45. The molecule has 7 nitrogen and oxygen atoms in total. The van der Waals surface area contributed by atoms with Gasteiger partial charge in [0.1, 0.15) is 0 Å². The van der Waals surface area contributed by atoms with Gasteiger partial charge in [0.15, 0.2) is 0 Å². The van der Waals surface area contributed by atoms with Gasteiger partial charge in [0.05, 0.1) is 22.0 Å². The van der Waals surface area contributed by atoms with Crippen LogP contribution in [0.3, 0.4) is 0 Å². The zero-order valence-electron chi connectivity index (χ0n) is 18.5. The number of nitrogens with zero attached hydrogens (tertiary/aromatic N) is 3. The summed E-state index contributed by atoms with van der Waals surface area (Å²) in [5, 5.41) is 18.5. The number of carbonyl (C=O) groups excluding carboxylic acids is 1. The van der Waals surface area contributed by atoms with Gasteiger partial charge in [-0.25, -0.2) is 4.68 Å². The van der Waals surface area contributed by atoms with Crippen LogP contribution in [0.1, 0.15) is 10.4 Å². The molecular formula is C28H20N4O3. The van der Waals surface area contributed by atoms with Crippen molar-refractivity contribution in [2.45, 2.75) is 0 Å². The van der Waals surface area contributed by atoms with Crippen LogP contribution < -0.4 is 5.32 Å². The molecular weight excluding hydrogens is 440 g/mol. The molecule has 5 aromatic rings. The number of carbonyl (C=O) groups is 1. The first-order valence-corrected chi connectivity index (χ1v) is 11.0. The number of aromatic nitrogens is 2. The Kier molecular flexibility index (Phi) is 5.88. The highest BCUT2D eigenvalue weighted by atomic mass is 16.6. The number of nitrogens with one attached hydrogen (secondary N) is 1. The van der Waals surface area contributed by atoms with Crippen LogP contribution in [0.25, 0.3) is 28.2 Å². The van der Waals surface area contributed by atoms with E-state index in [2.05, 4.69) is 5.32 Å². The van der Waals surface area contributed by atoms with Crippen molar-refractivity contribution in [3.63, 3.8) is 0 Å². The monoisotopic (exact) mass is 460 g/mol. The van der Waals surface area contributed by atoms with Crippen molar-refractivity contribution in [2.24, 2.45) is 0 Å². The van der Waals surface area contributed by atoms with Crippen molar-refractivity contribution in [3.8, 4) is 28.2 Å². The average Bonchev–Trinajstić information content (AvgIpc) is 3.36. The molecule has 0 spiro atoms. The molecule has 0 saturated heterocycles. The molecule has 0 radical (unpaired) electrons. The second kappa shape index (κ2) is 9.44. The summed E-state index contributed by atoms with van der Waals surface area (Å²) in [5.74, 6) is -0.356. The van der Waals surface area contributed by atoms with E-state index in [4.69, 9.17) is 5.10 Å². The van der Waals surface area contributed by atoms with E-state index in [1.165, 1.54) is 18.2 Å². The van der Waals surface area contributed by atoms with E-state index in [0.717, 1.165) is 28.2 Å². The fourth-order valence-corrected chi connectivity index (χ4v) is 3.80. The summed E-state index contributed by atoms with van der Waals surface area (Å²) < 4.78 is 1.86. The van der Waals surface area contributed by atoms with Gasteiger partial charge in [0.2, 0.25) is 0 Å². The van der Waals surface area contributed by atoms with Gasteiger partial charge in [-0.05, 0) is 36.4 Å². The van der Waals surface area contributed by atoms with Crippen molar-refractivity contribution in [1.82, 2.24) is 9.78 Å². The van der Waals surface area contributed by atoms with E-state index in [1.807, 2.05) is 83.5 Å². The number of nitro benzene ring substituents is 1. The quantitative estimate of drug-likeness (QED) is 0.236. The largest absolute Gasteiger partial charge is 0.322 e. The summed E-state index contributed by atoms with van der Waals surface area (Å²) in [5.41, 5.74) is 5.31. The Labute approximate surface area is 201 Å². The van der Waals surface area contributed by atoms with Gasteiger partial charge in [0, 0.05) is 34.5 Å². The Morgan fingerprint density at radius 3 is 2.09 bits per heavy atom. The third-order valence-electron chi connectivity index (χ3n) is 5.54. The first-order chi connectivity index (χ1) is 17.1. The van der Waals surface area contributed by atoms with Crippen LogP contribution in [0.2, 0.25) is 0 Å².